The quantitative estimate of drug-likeness (QED) is 0.874. The van der Waals surface area contributed by atoms with Crippen LogP contribution in [0.2, 0.25) is 0 Å². The molecule has 0 fully saturated rings. The van der Waals surface area contributed by atoms with E-state index in [-0.39, 0.29) is 5.82 Å². The molecule has 18 heavy (non-hydrogen) atoms. The number of alkyl halides is 3. The van der Waals surface area contributed by atoms with Crippen molar-refractivity contribution >= 4 is 9.84 Å². The Balaban J connectivity index is 2.82. The van der Waals surface area contributed by atoms with Crippen LogP contribution in [-0.2, 0) is 16.3 Å². The third-order valence-corrected chi connectivity index (χ3v) is 3.73. The van der Waals surface area contributed by atoms with Crippen LogP contribution in [0.1, 0.15) is 23.9 Å². The van der Waals surface area contributed by atoms with Crippen LogP contribution in [0.15, 0.2) is 4.52 Å². The monoisotopic (exact) mass is 288 g/mol. The Morgan fingerprint density at radius 1 is 1.44 bits per heavy atom. The van der Waals surface area contributed by atoms with Gasteiger partial charge in [-0.25, -0.2) is 8.42 Å². The maximum absolute atomic E-state index is 12.1. The molecule has 0 aliphatic rings. The molecule has 0 aliphatic heterocycles. The van der Waals surface area contributed by atoms with Gasteiger partial charge in [0, 0.05) is 6.26 Å². The van der Waals surface area contributed by atoms with Gasteiger partial charge in [-0.05, 0) is 6.92 Å². The smallest absolute Gasteiger partial charge is 0.383 e. The molecular weight excluding hydrogens is 277 g/mol. The second-order valence-electron chi connectivity index (χ2n) is 3.78. The van der Waals surface area contributed by atoms with Gasteiger partial charge >= 0.3 is 6.18 Å². The van der Waals surface area contributed by atoms with E-state index in [1.807, 2.05) is 0 Å². The molecule has 1 aromatic heterocycles. The second-order valence-corrected chi connectivity index (χ2v) is 6.15. The van der Waals surface area contributed by atoms with Crippen LogP contribution < -0.4 is 0 Å². The summed E-state index contributed by atoms with van der Waals surface area (Å²) >= 11 is 0. The van der Waals surface area contributed by atoms with Crippen molar-refractivity contribution in [1.29, 1.82) is 0 Å². The first kappa shape index (κ1) is 14.9. The summed E-state index contributed by atoms with van der Waals surface area (Å²) in [6, 6.07) is 0. The van der Waals surface area contributed by atoms with Crippen molar-refractivity contribution < 1.29 is 31.2 Å². The summed E-state index contributed by atoms with van der Waals surface area (Å²) in [6.45, 7) is 1.28. The van der Waals surface area contributed by atoms with Gasteiger partial charge in [-0.15, -0.1) is 0 Å². The van der Waals surface area contributed by atoms with E-state index in [0.717, 1.165) is 6.26 Å². The van der Waals surface area contributed by atoms with E-state index >= 15 is 0 Å². The van der Waals surface area contributed by atoms with Crippen molar-refractivity contribution in [3.63, 3.8) is 0 Å². The Morgan fingerprint density at radius 2 is 2.00 bits per heavy atom. The fourth-order valence-corrected chi connectivity index (χ4v) is 1.47. The van der Waals surface area contributed by atoms with E-state index in [0.29, 0.717) is 0 Å². The van der Waals surface area contributed by atoms with Crippen molar-refractivity contribution in [3.05, 3.63) is 11.7 Å². The molecule has 0 radical (unpaired) electrons. The highest BCUT2D eigenvalue weighted by atomic mass is 32.2. The van der Waals surface area contributed by atoms with Crippen LogP contribution in [-0.4, -0.2) is 42.2 Å². The second kappa shape index (κ2) is 4.84. The molecule has 1 N–H and O–H groups in total. The molecule has 0 amide bonds. The van der Waals surface area contributed by atoms with Gasteiger partial charge in [0.05, 0.1) is 6.42 Å². The molecule has 0 bridgehead atoms. The van der Waals surface area contributed by atoms with Gasteiger partial charge in [0.15, 0.2) is 21.8 Å². The van der Waals surface area contributed by atoms with Crippen molar-refractivity contribution in [3.8, 4) is 0 Å². The lowest BCUT2D eigenvalue weighted by Crippen LogP contribution is -2.30. The molecule has 2 unspecified atom stereocenters. The predicted octanol–water partition coefficient (Wildman–Crippen LogP) is 0.641. The fraction of sp³-hybridized carbons (Fsp3) is 0.750. The molecule has 1 rings (SSSR count). The SMILES string of the molecule is CC(c1noc(CC(O)C(F)(F)F)n1)S(C)(=O)=O. The van der Waals surface area contributed by atoms with Crippen LogP contribution in [0.25, 0.3) is 0 Å². The Kier molecular flexibility index (Phi) is 4.01. The summed E-state index contributed by atoms with van der Waals surface area (Å²) in [5, 5.41) is 11.0. The number of aromatic nitrogens is 2. The molecule has 0 aromatic carbocycles. The summed E-state index contributed by atoms with van der Waals surface area (Å²) in [7, 11) is -3.47. The van der Waals surface area contributed by atoms with Crippen molar-refractivity contribution in [2.24, 2.45) is 0 Å². The lowest BCUT2D eigenvalue weighted by Gasteiger charge is -2.11. The topological polar surface area (TPSA) is 93.3 Å². The molecular formula is C8H11F3N2O4S. The average molecular weight is 288 g/mol. The first-order valence-corrected chi connectivity index (χ1v) is 6.73. The lowest BCUT2D eigenvalue weighted by molar-refractivity contribution is -0.204. The van der Waals surface area contributed by atoms with Gasteiger partial charge < -0.3 is 9.63 Å². The highest BCUT2D eigenvalue weighted by Gasteiger charge is 2.39. The number of aliphatic hydroxyl groups is 1. The third kappa shape index (κ3) is 3.67. The summed E-state index contributed by atoms with van der Waals surface area (Å²) < 4.78 is 63.0. The van der Waals surface area contributed by atoms with Crippen LogP contribution >= 0.6 is 0 Å². The molecule has 104 valence electrons. The summed E-state index contributed by atoms with van der Waals surface area (Å²) in [4.78, 5) is 3.51. The molecule has 0 saturated carbocycles. The first-order valence-electron chi connectivity index (χ1n) is 4.78. The third-order valence-electron chi connectivity index (χ3n) is 2.24. The molecule has 6 nitrogen and oxygen atoms in total. The maximum Gasteiger partial charge on any atom is 0.414 e. The minimum Gasteiger partial charge on any atom is -0.383 e. The summed E-state index contributed by atoms with van der Waals surface area (Å²) in [5.74, 6) is -0.702. The summed E-state index contributed by atoms with van der Waals surface area (Å²) in [6.07, 6.45) is -7.39. The number of aliphatic hydroxyl groups excluding tert-OH is 1. The van der Waals surface area contributed by atoms with Crippen LogP contribution in [0.3, 0.4) is 0 Å². The minimum atomic E-state index is -4.79. The zero-order valence-electron chi connectivity index (χ0n) is 9.47. The first-order chi connectivity index (χ1) is 8.01. The van der Waals surface area contributed by atoms with Gasteiger partial charge in [-0.1, -0.05) is 5.16 Å². The Hall–Kier alpha value is -1.16. The van der Waals surface area contributed by atoms with E-state index in [2.05, 4.69) is 14.7 Å². The highest BCUT2D eigenvalue weighted by molar-refractivity contribution is 7.90. The Labute approximate surface area is 101 Å². The van der Waals surface area contributed by atoms with Crippen molar-refractivity contribution in [2.45, 2.75) is 30.9 Å². The fourth-order valence-electron chi connectivity index (χ4n) is 0.989. The molecule has 1 heterocycles. The molecule has 10 heteroatoms. The van der Waals surface area contributed by atoms with Gasteiger partial charge in [0.25, 0.3) is 0 Å². The Bertz CT molecular complexity index is 511. The maximum atomic E-state index is 12.1. The predicted molar refractivity (Wildman–Crippen MR) is 53.3 cm³/mol. The number of hydrogen-bond acceptors (Lipinski definition) is 6. The largest absolute Gasteiger partial charge is 0.414 e. The molecule has 0 aliphatic carbocycles. The standard InChI is InChI=1S/C8H11F3N2O4S/c1-4(18(2,15)16)7-12-6(17-13-7)3-5(14)8(9,10)11/h4-5,14H,3H2,1-2H3. The normalized spacial score (nSPS) is 16.6. The van der Waals surface area contributed by atoms with E-state index in [1.54, 1.807) is 0 Å². The van der Waals surface area contributed by atoms with Crippen LogP contribution in [0, 0.1) is 0 Å². The number of nitrogens with zero attached hydrogens (tertiary/aromatic N) is 2. The molecule has 1 aromatic rings. The van der Waals surface area contributed by atoms with E-state index < -0.39 is 39.7 Å². The van der Waals surface area contributed by atoms with E-state index in [1.165, 1.54) is 6.92 Å². The summed E-state index contributed by atoms with van der Waals surface area (Å²) in [5.41, 5.74) is 0. The number of hydrogen-bond donors (Lipinski definition) is 1. The Morgan fingerprint density at radius 3 is 2.44 bits per heavy atom. The minimum absolute atomic E-state index is 0.234. The van der Waals surface area contributed by atoms with E-state index in [9.17, 15) is 21.6 Å². The van der Waals surface area contributed by atoms with Gasteiger partial charge in [-0.2, -0.15) is 18.2 Å². The van der Waals surface area contributed by atoms with E-state index in [4.69, 9.17) is 5.11 Å². The number of halogens is 3. The zero-order valence-corrected chi connectivity index (χ0v) is 10.3. The number of rotatable bonds is 4. The van der Waals surface area contributed by atoms with Crippen LogP contribution in [0.5, 0.6) is 0 Å². The molecule has 0 spiro atoms. The lowest BCUT2D eigenvalue weighted by atomic mass is 10.2. The van der Waals surface area contributed by atoms with Crippen LogP contribution in [0.4, 0.5) is 13.2 Å². The van der Waals surface area contributed by atoms with Gasteiger partial charge in [0.1, 0.15) is 5.25 Å². The molecule has 0 saturated heterocycles. The van der Waals surface area contributed by atoms with Gasteiger partial charge in [-0.3, -0.25) is 0 Å². The average Bonchev–Trinajstić information content (AvgIpc) is 2.62. The number of sulfone groups is 1. The highest BCUT2D eigenvalue weighted by Crippen LogP contribution is 2.23. The molecule has 2 atom stereocenters. The van der Waals surface area contributed by atoms with Gasteiger partial charge in [0.2, 0.25) is 5.89 Å². The van der Waals surface area contributed by atoms with Crippen molar-refractivity contribution in [1.82, 2.24) is 10.1 Å². The van der Waals surface area contributed by atoms with Crippen molar-refractivity contribution in [2.75, 3.05) is 6.26 Å². The zero-order chi connectivity index (χ0) is 14.1.